The normalized spacial score (nSPS) is 11.8. The van der Waals surface area contributed by atoms with Gasteiger partial charge in [-0.3, -0.25) is 0 Å². The molecule has 0 atom stereocenters. The summed E-state index contributed by atoms with van der Waals surface area (Å²) in [5.41, 5.74) is 3.46. The average molecular weight is 479 g/mol. The fraction of sp³-hybridized carbons (Fsp3) is 0.188. The molecule has 0 aliphatic heterocycles. The molecule has 4 rings (SSSR count). The molecule has 3 heteroatoms. The third-order valence-electron chi connectivity index (χ3n) is 6.17. The maximum Gasteiger partial charge on any atom is 0.256 e. The van der Waals surface area contributed by atoms with Crippen molar-refractivity contribution >= 4 is 30.8 Å². The smallest absolute Gasteiger partial charge is 0.256 e. The first-order valence-corrected chi connectivity index (χ1v) is 14.4. The van der Waals surface area contributed by atoms with Crippen LogP contribution >= 0.6 is 0 Å². The van der Waals surface area contributed by atoms with Crippen molar-refractivity contribution in [1.29, 1.82) is 0 Å². The molecule has 0 saturated carbocycles. The molecule has 4 aromatic rings. The highest BCUT2D eigenvalue weighted by Gasteiger charge is 2.40. The lowest BCUT2D eigenvalue weighted by molar-refractivity contribution is 0.300. The van der Waals surface area contributed by atoms with Gasteiger partial charge < -0.3 is 9.16 Å². The van der Waals surface area contributed by atoms with Gasteiger partial charge in [0.15, 0.2) is 0 Å². The summed E-state index contributed by atoms with van der Waals surface area (Å²) in [4.78, 5) is 0. The van der Waals surface area contributed by atoms with Crippen molar-refractivity contribution in [1.82, 2.24) is 0 Å². The summed E-state index contributed by atoms with van der Waals surface area (Å²) in [6.07, 6.45) is 4.26. The van der Waals surface area contributed by atoms with Gasteiger partial charge >= 0.3 is 0 Å². The van der Waals surface area contributed by atoms with Crippen LogP contribution in [0.25, 0.3) is 12.2 Å². The van der Waals surface area contributed by atoms with Crippen molar-refractivity contribution in [3.05, 3.63) is 126 Å². The Kier molecular flexibility index (Phi) is 8.35. The molecular weight excluding hydrogens is 444 g/mol. The first kappa shape index (κ1) is 24.7. The molecule has 178 valence electrons. The molecule has 0 amide bonds. The van der Waals surface area contributed by atoms with E-state index in [1.54, 1.807) is 7.11 Å². The Bertz CT molecular complexity index is 1190. The summed E-state index contributed by atoms with van der Waals surface area (Å²) in [6.45, 7) is 5.17. The third kappa shape index (κ3) is 6.39. The van der Waals surface area contributed by atoms with Crippen LogP contribution in [0.3, 0.4) is 0 Å². The van der Waals surface area contributed by atoms with E-state index >= 15 is 0 Å². The Balaban J connectivity index is 1.61. The van der Waals surface area contributed by atoms with Gasteiger partial charge in [0, 0.05) is 0 Å². The summed E-state index contributed by atoms with van der Waals surface area (Å²) >= 11 is 0. The number of rotatable bonds is 10. The lowest BCUT2D eigenvalue weighted by atomic mass is 10.1. The zero-order valence-electron chi connectivity index (χ0n) is 20.9. The topological polar surface area (TPSA) is 18.5 Å². The van der Waals surface area contributed by atoms with Gasteiger partial charge in [-0.2, -0.15) is 0 Å². The molecule has 0 aliphatic carbocycles. The zero-order chi connectivity index (χ0) is 24.5. The fourth-order valence-corrected chi connectivity index (χ4v) is 8.83. The third-order valence-corrected chi connectivity index (χ3v) is 10.7. The van der Waals surface area contributed by atoms with E-state index in [1.165, 1.54) is 15.9 Å². The lowest BCUT2D eigenvalue weighted by Gasteiger charge is -2.34. The van der Waals surface area contributed by atoms with Crippen molar-refractivity contribution in [3.8, 4) is 5.75 Å². The number of hydrogen-bond donors (Lipinski definition) is 0. The van der Waals surface area contributed by atoms with Crippen molar-refractivity contribution in [3.63, 3.8) is 0 Å². The van der Waals surface area contributed by atoms with Gasteiger partial charge in [-0.25, -0.2) is 0 Å². The molecule has 4 aromatic carbocycles. The van der Waals surface area contributed by atoms with Gasteiger partial charge in [0.1, 0.15) is 5.75 Å². The summed E-state index contributed by atoms with van der Waals surface area (Å²) in [7, 11) is -0.730. The SMILES string of the molecule is COc1cccc(C=Cc2cccc(CO[Si](CC(C)C)(c3ccccc3)c3ccccc3)c2)c1. The monoisotopic (exact) mass is 478 g/mol. The van der Waals surface area contributed by atoms with Crippen molar-refractivity contribution in [2.24, 2.45) is 5.92 Å². The molecule has 2 nitrogen and oxygen atoms in total. The molecule has 0 aliphatic rings. The molecule has 0 N–H and O–H groups in total. The van der Waals surface area contributed by atoms with E-state index < -0.39 is 8.32 Å². The first-order chi connectivity index (χ1) is 17.1. The Morgan fingerprint density at radius 1 is 0.686 bits per heavy atom. The summed E-state index contributed by atoms with van der Waals surface area (Å²) in [6, 6.07) is 39.4. The molecule has 0 unspecified atom stereocenters. The molecule has 0 bridgehead atoms. The second kappa shape index (κ2) is 11.8. The van der Waals surface area contributed by atoms with E-state index in [0.29, 0.717) is 12.5 Å². The minimum absolute atomic E-state index is 0.527. The highest BCUT2D eigenvalue weighted by molar-refractivity contribution is 6.97. The summed E-state index contributed by atoms with van der Waals surface area (Å²) in [5.74, 6) is 1.39. The second-order valence-corrected chi connectivity index (χ2v) is 12.8. The van der Waals surface area contributed by atoms with Crippen LogP contribution in [0.4, 0.5) is 0 Å². The van der Waals surface area contributed by atoms with Crippen LogP contribution in [0.5, 0.6) is 5.75 Å². The van der Waals surface area contributed by atoms with E-state index in [1.807, 2.05) is 18.2 Å². The molecule has 0 aromatic heterocycles. The Morgan fingerprint density at radius 2 is 1.26 bits per heavy atom. The maximum atomic E-state index is 7.05. The van der Waals surface area contributed by atoms with Crippen LogP contribution < -0.4 is 15.1 Å². The minimum Gasteiger partial charge on any atom is -0.497 e. The number of methoxy groups -OCH3 is 1. The Morgan fingerprint density at radius 3 is 1.83 bits per heavy atom. The van der Waals surface area contributed by atoms with E-state index in [2.05, 4.69) is 117 Å². The summed E-state index contributed by atoms with van der Waals surface area (Å²) in [5, 5.41) is 2.66. The van der Waals surface area contributed by atoms with Crippen LogP contribution in [0, 0.1) is 5.92 Å². The second-order valence-electron chi connectivity index (χ2n) is 9.30. The van der Waals surface area contributed by atoms with E-state index in [4.69, 9.17) is 9.16 Å². The average Bonchev–Trinajstić information content (AvgIpc) is 2.91. The van der Waals surface area contributed by atoms with Gasteiger partial charge in [0.25, 0.3) is 8.32 Å². The van der Waals surface area contributed by atoms with Gasteiger partial charge in [-0.15, -0.1) is 0 Å². The van der Waals surface area contributed by atoms with Crippen LogP contribution in [0.15, 0.2) is 109 Å². The Hall–Kier alpha value is -3.40. The molecule has 0 heterocycles. The molecule has 0 spiro atoms. The van der Waals surface area contributed by atoms with Gasteiger partial charge in [0.2, 0.25) is 0 Å². The molecular formula is C32H34O2Si. The van der Waals surface area contributed by atoms with Crippen LogP contribution in [-0.2, 0) is 11.0 Å². The first-order valence-electron chi connectivity index (χ1n) is 12.3. The highest BCUT2D eigenvalue weighted by atomic mass is 28.4. The van der Waals surface area contributed by atoms with Crippen LogP contribution in [-0.4, -0.2) is 15.4 Å². The molecule has 0 radical (unpaired) electrons. The predicted octanol–water partition coefficient (Wildman–Crippen LogP) is 6.80. The van der Waals surface area contributed by atoms with E-state index in [-0.39, 0.29) is 0 Å². The largest absolute Gasteiger partial charge is 0.497 e. The fourth-order valence-electron chi connectivity index (χ4n) is 4.55. The summed E-state index contributed by atoms with van der Waals surface area (Å²) < 4.78 is 12.4. The standard InChI is InChI=1S/C32H34O2Si/c1-26(2)25-35(31-16-6-4-7-17-31,32-18-8-5-9-19-32)34-24-29-14-10-12-27(22-29)20-21-28-13-11-15-30(23-28)33-3/h4-23,26H,24-25H2,1-3H3. The van der Waals surface area contributed by atoms with E-state index in [0.717, 1.165) is 22.9 Å². The van der Waals surface area contributed by atoms with Crippen LogP contribution in [0.1, 0.15) is 30.5 Å². The van der Waals surface area contributed by atoms with Gasteiger partial charge in [-0.05, 0) is 57.2 Å². The van der Waals surface area contributed by atoms with Gasteiger partial charge in [0.05, 0.1) is 13.7 Å². The van der Waals surface area contributed by atoms with E-state index in [9.17, 15) is 0 Å². The van der Waals surface area contributed by atoms with Crippen molar-refractivity contribution < 1.29 is 9.16 Å². The lowest BCUT2D eigenvalue weighted by Crippen LogP contribution is -2.61. The van der Waals surface area contributed by atoms with Crippen molar-refractivity contribution in [2.75, 3.05) is 7.11 Å². The highest BCUT2D eigenvalue weighted by Crippen LogP contribution is 2.22. The Labute approximate surface area is 211 Å². The number of ether oxygens (including phenoxy) is 1. The zero-order valence-corrected chi connectivity index (χ0v) is 21.9. The number of hydrogen-bond acceptors (Lipinski definition) is 2. The minimum atomic E-state index is -2.42. The quantitative estimate of drug-likeness (QED) is 0.184. The van der Waals surface area contributed by atoms with Crippen LogP contribution in [0.2, 0.25) is 6.04 Å². The predicted molar refractivity (Wildman–Crippen MR) is 151 cm³/mol. The molecule has 35 heavy (non-hydrogen) atoms. The number of benzene rings is 4. The molecule has 0 fully saturated rings. The molecule has 0 saturated heterocycles. The van der Waals surface area contributed by atoms with Gasteiger partial charge in [-0.1, -0.05) is 117 Å². The maximum absolute atomic E-state index is 7.05. The van der Waals surface area contributed by atoms with Crippen molar-refractivity contribution in [2.45, 2.75) is 26.5 Å².